The molecule has 0 spiro atoms. The van der Waals surface area contributed by atoms with E-state index in [1.54, 1.807) is 0 Å². The molecule has 0 bridgehead atoms. The summed E-state index contributed by atoms with van der Waals surface area (Å²) in [7, 11) is 0. The van der Waals surface area contributed by atoms with Gasteiger partial charge in [-0.15, -0.1) is 0 Å². The highest BCUT2D eigenvalue weighted by Crippen LogP contribution is 2.36. The molecule has 2 heterocycles. The van der Waals surface area contributed by atoms with Gasteiger partial charge < -0.3 is 10.1 Å². The third kappa shape index (κ3) is 1.71. The van der Waals surface area contributed by atoms with Crippen molar-refractivity contribution >= 4 is 0 Å². The van der Waals surface area contributed by atoms with Gasteiger partial charge in [0.25, 0.3) is 0 Å². The second kappa shape index (κ2) is 4.10. The Hall–Kier alpha value is -1.02. The minimum absolute atomic E-state index is 0.504. The molecule has 16 heavy (non-hydrogen) atoms. The van der Waals surface area contributed by atoms with E-state index < -0.39 is 0 Å². The van der Waals surface area contributed by atoms with Crippen LogP contribution in [0.4, 0.5) is 0 Å². The van der Waals surface area contributed by atoms with Crippen LogP contribution in [0.3, 0.4) is 0 Å². The van der Waals surface area contributed by atoms with Crippen LogP contribution in [0.25, 0.3) is 0 Å². The lowest BCUT2D eigenvalue weighted by atomic mass is 9.91. The van der Waals surface area contributed by atoms with Crippen LogP contribution >= 0.6 is 0 Å². The molecule has 2 aliphatic heterocycles. The van der Waals surface area contributed by atoms with Gasteiger partial charge in [0.1, 0.15) is 5.75 Å². The molecule has 1 aromatic rings. The molecule has 1 fully saturated rings. The van der Waals surface area contributed by atoms with Crippen LogP contribution in [-0.4, -0.2) is 13.2 Å². The van der Waals surface area contributed by atoms with Crippen molar-refractivity contribution in [1.29, 1.82) is 0 Å². The first-order valence-electron chi connectivity index (χ1n) is 6.32. The van der Waals surface area contributed by atoms with E-state index in [1.165, 1.54) is 24.0 Å². The van der Waals surface area contributed by atoms with Gasteiger partial charge in [0, 0.05) is 18.0 Å². The third-order valence-electron chi connectivity index (χ3n) is 3.78. The fourth-order valence-corrected chi connectivity index (χ4v) is 2.78. The Morgan fingerprint density at radius 2 is 2.25 bits per heavy atom. The summed E-state index contributed by atoms with van der Waals surface area (Å²) in [6.45, 7) is 4.30. The summed E-state index contributed by atoms with van der Waals surface area (Å²) in [6.07, 6.45) is 3.63. The molecule has 86 valence electrons. The molecule has 0 aliphatic carbocycles. The number of fused-ring (bicyclic) bond motifs is 1. The Bertz CT molecular complexity index is 380. The van der Waals surface area contributed by atoms with Crippen molar-refractivity contribution < 1.29 is 4.74 Å². The van der Waals surface area contributed by atoms with E-state index >= 15 is 0 Å². The quantitative estimate of drug-likeness (QED) is 0.781. The minimum Gasteiger partial charge on any atom is -0.493 e. The van der Waals surface area contributed by atoms with Crippen molar-refractivity contribution in [3.8, 4) is 5.75 Å². The summed E-state index contributed by atoms with van der Waals surface area (Å²) in [4.78, 5) is 0. The Labute approximate surface area is 97.0 Å². The largest absolute Gasteiger partial charge is 0.493 e. The van der Waals surface area contributed by atoms with Crippen LogP contribution in [0.5, 0.6) is 5.75 Å². The average molecular weight is 217 g/mol. The van der Waals surface area contributed by atoms with Crippen LogP contribution in [0.2, 0.25) is 0 Å². The lowest BCUT2D eigenvalue weighted by molar-refractivity contribution is 0.313. The number of rotatable bonds is 1. The Morgan fingerprint density at radius 3 is 3.06 bits per heavy atom. The highest BCUT2D eigenvalue weighted by atomic mass is 16.5. The summed E-state index contributed by atoms with van der Waals surface area (Å²) in [5, 5.41) is 3.63. The molecule has 0 saturated carbocycles. The van der Waals surface area contributed by atoms with E-state index in [1.807, 2.05) is 0 Å². The second-order valence-electron chi connectivity index (χ2n) is 5.08. The number of nitrogens with one attached hydrogen (secondary N) is 1. The first-order valence-corrected chi connectivity index (χ1v) is 6.32. The molecular formula is C14H19NO. The number of piperidine rings is 1. The van der Waals surface area contributed by atoms with E-state index in [0.717, 1.165) is 31.2 Å². The van der Waals surface area contributed by atoms with Gasteiger partial charge in [0.2, 0.25) is 0 Å². The predicted octanol–water partition coefficient (Wildman–Crippen LogP) is 2.68. The third-order valence-corrected chi connectivity index (χ3v) is 3.78. The molecule has 1 aromatic carbocycles. The maximum absolute atomic E-state index is 5.77. The predicted molar refractivity (Wildman–Crippen MR) is 64.8 cm³/mol. The molecule has 1 saturated heterocycles. The van der Waals surface area contributed by atoms with E-state index in [4.69, 9.17) is 4.74 Å². The van der Waals surface area contributed by atoms with Crippen molar-refractivity contribution in [3.63, 3.8) is 0 Å². The molecule has 2 heteroatoms. The van der Waals surface area contributed by atoms with E-state index in [2.05, 4.69) is 30.4 Å². The van der Waals surface area contributed by atoms with E-state index in [-0.39, 0.29) is 0 Å². The number of hydrogen-bond donors (Lipinski definition) is 1. The van der Waals surface area contributed by atoms with Crippen molar-refractivity contribution in [2.75, 3.05) is 13.2 Å². The number of para-hydroxylation sites is 1. The van der Waals surface area contributed by atoms with Crippen LogP contribution < -0.4 is 10.1 Å². The number of benzene rings is 1. The second-order valence-corrected chi connectivity index (χ2v) is 5.08. The monoisotopic (exact) mass is 217 g/mol. The van der Waals surface area contributed by atoms with Gasteiger partial charge >= 0.3 is 0 Å². The number of hydrogen-bond acceptors (Lipinski definition) is 2. The zero-order valence-electron chi connectivity index (χ0n) is 9.83. The van der Waals surface area contributed by atoms with E-state index in [0.29, 0.717) is 6.04 Å². The van der Waals surface area contributed by atoms with Gasteiger partial charge in [-0.2, -0.15) is 0 Å². The average Bonchev–Trinajstić information content (AvgIpc) is 2.78. The fraction of sp³-hybridized carbons (Fsp3) is 0.571. The molecule has 2 unspecified atom stereocenters. The molecular weight excluding hydrogens is 198 g/mol. The smallest absolute Gasteiger partial charge is 0.127 e. The van der Waals surface area contributed by atoms with E-state index in [9.17, 15) is 0 Å². The lowest BCUT2D eigenvalue weighted by Gasteiger charge is -2.29. The van der Waals surface area contributed by atoms with Gasteiger partial charge in [-0.1, -0.05) is 25.1 Å². The molecule has 0 amide bonds. The zero-order chi connectivity index (χ0) is 11.0. The number of ether oxygens (including phenoxy) is 1. The SMILES string of the molecule is CC1CCC(c2cccc3c2OCC3)NC1. The van der Waals surface area contributed by atoms with Gasteiger partial charge in [0.15, 0.2) is 0 Å². The molecule has 0 radical (unpaired) electrons. The van der Waals surface area contributed by atoms with Crippen LogP contribution in [0, 0.1) is 5.92 Å². The summed E-state index contributed by atoms with van der Waals surface area (Å²) in [6, 6.07) is 7.08. The van der Waals surface area contributed by atoms with Crippen molar-refractivity contribution in [2.24, 2.45) is 5.92 Å². The molecule has 1 N–H and O–H groups in total. The fourth-order valence-electron chi connectivity index (χ4n) is 2.78. The maximum atomic E-state index is 5.77. The standard InChI is InChI=1S/C14H19NO/c1-10-5-6-13(15-9-10)12-4-2-3-11-7-8-16-14(11)12/h2-4,10,13,15H,5-9H2,1H3. The topological polar surface area (TPSA) is 21.3 Å². The van der Waals surface area contributed by atoms with Crippen molar-refractivity contribution in [2.45, 2.75) is 32.2 Å². The Morgan fingerprint density at radius 1 is 1.31 bits per heavy atom. The zero-order valence-corrected chi connectivity index (χ0v) is 9.83. The summed E-state index contributed by atoms with van der Waals surface area (Å²) in [5.41, 5.74) is 2.76. The Balaban J connectivity index is 1.87. The van der Waals surface area contributed by atoms with Gasteiger partial charge in [-0.3, -0.25) is 0 Å². The van der Waals surface area contributed by atoms with Crippen LogP contribution in [-0.2, 0) is 6.42 Å². The van der Waals surface area contributed by atoms with Gasteiger partial charge in [-0.25, -0.2) is 0 Å². The Kier molecular flexibility index (Phi) is 2.60. The summed E-state index contributed by atoms with van der Waals surface area (Å²) in [5.74, 6) is 1.98. The highest BCUT2D eigenvalue weighted by molar-refractivity contribution is 5.45. The molecule has 3 rings (SSSR count). The molecule has 2 aliphatic rings. The molecule has 2 atom stereocenters. The first kappa shape index (κ1) is 10.2. The maximum Gasteiger partial charge on any atom is 0.127 e. The van der Waals surface area contributed by atoms with Crippen molar-refractivity contribution in [3.05, 3.63) is 29.3 Å². The van der Waals surface area contributed by atoms with Gasteiger partial charge in [-0.05, 0) is 30.9 Å². The van der Waals surface area contributed by atoms with Crippen LogP contribution in [0.1, 0.15) is 36.9 Å². The molecule has 0 aromatic heterocycles. The van der Waals surface area contributed by atoms with Crippen molar-refractivity contribution in [1.82, 2.24) is 5.32 Å². The van der Waals surface area contributed by atoms with Gasteiger partial charge in [0.05, 0.1) is 6.61 Å². The highest BCUT2D eigenvalue weighted by Gasteiger charge is 2.24. The normalized spacial score (nSPS) is 28.6. The van der Waals surface area contributed by atoms with Crippen LogP contribution in [0.15, 0.2) is 18.2 Å². The summed E-state index contributed by atoms with van der Waals surface area (Å²) < 4.78 is 5.77. The first-order chi connectivity index (χ1) is 7.84. The lowest BCUT2D eigenvalue weighted by Crippen LogP contribution is -2.32. The molecule has 2 nitrogen and oxygen atoms in total. The minimum atomic E-state index is 0.504. The summed E-state index contributed by atoms with van der Waals surface area (Å²) >= 11 is 0.